The van der Waals surface area contributed by atoms with Crippen LogP contribution in [0.25, 0.3) is 4.96 Å². The van der Waals surface area contributed by atoms with Gasteiger partial charge in [0.2, 0.25) is 11.7 Å². The Balaban J connectivity index is 2.29. The van der Waals surface area contributed by atoms with Crippen molar-refractivity contribution in [3.63, 3.8) is 0 Å². The lowest BCUT2D eigenvalue weighted by atomic mass is 10.3. The molecule has 19 heavy (non-hydrogen) atoms. The predicted octanol–water partition coefficient (Wildman–Crippen LogP) is 1.24. The second-order valence-corrected chi connectivity index (χ2v) is 4.73. The van der Waals surface area contributed by atoms with Crippen molar-refractivity contribution in [2.24, 2.45) is 0 Å². The number of anilines is 1. The fourth-order valence-electron chi connectivity index (χ4n) is 1.64. The van der Waals surface area contributed by atoms with Crippen LogP contribution in [0.15, 0.2) is 11.6 Å². The van der Waals surface area contributed by atoms with E-state index in [1.807, 2.05) is 0 Å². The molecule has 0 aromatic carbocycles. The van der Waals surface area contributed by atoms with Crippen LogP contribution in [-0.2, 0) is 4.79 Å². The first-order valence-corrected chi connectivity index (χ1v) is 6.56. The second-order valence-electron chi connectivity index (χ2n) is 3.86. The summed E-state index contributed by atoms with van der Waals surface area (Å²) in [7, 11) is 0. The number of nitrogens with zero attached hydrogens (tertiary/aromatic N) is 3. The van der Waals surface area contributed by atoms with Gasteiger partial charge in [-0.2, -0.15) is 9.38 Å². The summed E-state index contributed by atoms with van der Waals surface area (Å²) >= 11 is 1.29. The Labute approximate surface area is 112 Å². The molecule has 0 fully saturated rings. The molecule has 1 unspecified atom stereocenters. The number of hydrogen-bond acceptors (Lipinski definition) is 6. The number of hydrogen-bond donors (Lipinski definition) is 2. The molecule has 0 radical (unpaired) electrons. The minimum Gasteiger partial charge on any atom is -0.358 e. The first-order valence-electron chi connectivity index (χ1n) is 5.68. The van der Waals surface area contributed by atoms with E-state index in [0.29, 0.717) is 11.5 Å². The highest BCUT2D eigenvalue weighted by molar-refractivity contribution is 7.15. The Kier molecular flexibility index (Phi) is 3.65. The van der Waals surface area contributed by atoms with E-state index in [2.05, 4.69) is 15.6 Å². The number of nitro groups is 1. The van der Waals surface area contributed by atoms with Crippen molar-refractivity contribution >= 4 is 33.8 Å². The molecule has 0 spiro atoms. The lowest BCUT2D eigenvalue weighted by Gasteiger charge is -2.12. The summed E-state index contributed by atoms with van der Waals surface area (Å²) in [4.78, 5) is 26.8. The Bertz CT molecular complexity index is 620. The summed E-state index contributed by atoms with van der Waals surface area (Å²) in [6.45, 7) is 3.94. The van der Waals surface area contributed by atoms with Crippen LogP contribution < -0.4 is 10.6 Å². The van der Waals surface area contributed by atoms with Crippen molar-refractivity contribution in [1.82, 2.24) is 14.7 Å². The zero-order chi connectivity index (χ0) is 14.0. The summed E-state index contributed by atoms with van der Waals surface area (Å²) < 4.78 is 1.39. The molecule has 1 amide bonds. The highest BCUT2D eigenvalue weighted by Crippen LogP contribution is 2.28. The smallest absolute Gasteiger partial charge is 0.358 e. The van der Waals surface area contributed by atoms with E-state index in [1.165, 1.54) is 15.7 Å². The zero-order valence-electron chi connectivity index (χ0n) is 10.4. The fourth-order valence-corrected chi connectivity index (χ4v) is 2.35. The lowest BCUT2D eigenvalue weighted by molar-refractivity contribution is -0.389. The number of thiazole rings is 1. The minimum absolute atomic E-state index is 0.107. The summed E-state index contributed by atoms with van der Waals surface area (Å²) in [5, 5.41) is 18.2. The summed E-state index contributed by atoms with van der Waals surface area (Å²) in [6, 6.07) is -0.594. The number of carbonyl (C=O) groups excluding carboxylic acids is 1. The van der Waals surface area contributed by atoms with Gasteiger partial charge in [-0.15, -0.1) is 0 Å². The number of likely N-dealkylation sites (N-methyl/N-ethyl adjacent to an activating group) is 1. The van der Waals surface area contributed by atoms with Gasteiger partial charge in [0.05, 0.1) is 0 Å². The van der Waals surface area contributed by atoms with Gasteiger partial charge in [0.15, 0.2) is 0 Å². The van der Waals surface area contributed by atoms with Crippen molar-refractivity contribution in [3.05, 3.63) is 21.7 Å². The molecule has 0 aliphatic carbocycles. The third kappa shape index (κ3) is 2.50. The summed E-state index contributed by atoms with van der Waals surface area (Å²) in [5.74, 6) is -0.281. The Morgan fingerprint density at radius 1 is 1.68 bits per heavy atom. The van der Waals surface area contributed by atoms with Gasteiger partial charge in [0, 0.05) is 11.9 Å². The van der Waals surface area contributed by atoms with Crippen molar-refractivity contribution < 1.29 is 9.72 Å². The molecule has 2 heterocycles. The topological polar surface area (TPSA) is 102 Å². The first kappa shape index (κ1) is 13.3. The third-order valence-corrected chi connectivity index (χ3v) is 3.26. The standard InChI is InChI=1S/C10H13N5O3S/c1-3-11-8(16)6(2)12-7-9(15(17)18)14-4-5-19-10(14)13-7/h4-6,12H,3H2,1-2H3,(H,11,16). The van der Waals surface area contributed by atoms with E-state index in [0.717, 1.165) is 0 Å². The Hall–Kier alpha value is -2.16. The van der Waals surface area contributed by atoms with Crippen molar-refractivity contribution in [2.45, 2.75) is 19.9 Å². The monoisotopic (exact) mass is 283 g/mol. The molecular weight excluding hydrogens is 270 g/mol. The molecule has 2 aromatic heterocycles. The SMILES string of the molecule is CCNC(=O)C(C)Nc1nc2sccn2c1[N+](=O)[O-]. The minimum atomic E-state index is -0.594. The molecule has 0 aliphatic rings. The number of rotatable bonds is 5. The van der Waals surface area contributed by atoms with Gasteiger partial charge in [-0.25, -0.2) is 0 Å². The number of fused-ring (bicyclic) bond motifs is 1. The number of carbonyl (C=O) groups is 1. The van der Waals surface area contributed by atoms with Crippen LogP contribution in [0.4, 0.5) is 11.6 Å². The molecule has 2 N–H and O–H groups in total. The van der Waals surface area contributed by atoms with Gasteiger partial charge in [-0.3, -0.25) is 4.79 Å². The van der Waals surface area contributed by atoms with Gasteiger partial charge in [0.25, 0.3) is 4.96 Å². The molecule has 0 saturated carbocycles. The van der Waals surface area contributed by atoms with E-state index in [-0.39, 0.29) is 17.5 Å². The molecule has 0 bridgehead atoms. The van der Waals surface area contributed by atoms with Gasteiger partial charge in [0.1, 0.15) is 12.2 Å². The molecule has 2 rings (SSSR count). The van der Waals surface area contributed by atoms with Crippen LogP contribution in [0.5, 0.6) is 0 Å². The zero-order valence-corrected chi connectivity index (χ0v) is 11.2. The molecule has 8 nitrogen and oxygen atoms in total. The largest absolute Gasteiger partial charge is 0.372 e. The van der Waals surface area contributed by atoms with Crippen molar-refractivity contribution in [2.75, 3.05) is 11.9 Å². The Morgan fingerprint density at radius 3 is 3.05 bits per heavy atom. The van der Waals surface area contributed by atoms with Crippen LogP contribution >= 0.6 is 11.3 Å². The van der Waals surface area contributed by atoms with Crippen LogP contribution in [0.1, 0.15) is 13.8 Å². The highest BCUT2D eigenvalue weighted by atomic mass is 32.1. The molecule has 102 valence electrons. The maximum atomic E-state index is 11.6. The molecule has 1 atom stereocenters. The predicted molar refractivity (Wildman–Crippen MR) is 71.5 cm³/mol. The van der Waals surface area contributed by atoms with E-state index in [4.69, 9.17) is 0 Å². The van der Waals surface area contributed by atoms with Crippen LogP contribution in [-0.4, -0.2) is 32.8 Å². The molecule has 2 aromatic rings. The van der Waals surface area contributed by atoms with E-state index >= 15 is 0 Å². The molecular formula is C10H13N5O3S. The van der Waals surface area contributed by atoms with Gasteiger partial charge in [-0.05, 0) is 18.8 Å². The van der Waals surface area contributed by atoms with Gasteiger partial charge < -0.3 is 20.7 Å². The molecule has 0 saturated heterocycles. The molecule has 0 aliphatic heterocycles. The van der Waals surface area contributed by atoms with Gasteiger partial charge >= 0.3 is 5.82 Å². The normalized spacial score (nSPS) is 12.3. The number of aromatic nitrogens is 2. The summed E-state index contributed by atoms with van der Waals surface area (Å²) in [5.41, 5.74) is 0. The highest BCUT2D eigenvalue weighted by Gasteiger charge is 2.26. The van der Waals surface area contributed by atoms with E-state index in [9.17, 15) is 14.9 Å². The number of imidazole rings is 1. The molecule has 9 heteroatoms. The summed E-state index contributed by atoms with van der Waals surface area (Å²) in [6.07, 6.45) is 1.58. The van der Waals surface area contributed by atoms with Crippen LogP contribution in [0.2, 0.25) is 0 Å². The Morgan fingerprint density at radius 2 is 2.42 bits per heavy atom. The average Bonchev–Trinajstić information content (AvgIpc) is 2.88. The average molecular weight is 283 g/mol. The van der Waals surface area contributed by atoms with Gasteiger partial charge in [-0.1, -0.05) is 11.3 Å². The van der Waals surface area contributed by atoms with Crippen molar-refractivity contribution in [3.8, 4) is 0 Å². The van der Waals surface area contributed by atoms with Crippen molar-refractivity contribution in [1.29, 1.82) is 0 Å². The van der Waals surface area contributed by atoms with Crippen LogP contribution in [0.3, 0.4) is 0 Å². The number of amides is 1. The maximum Gasteiger partial charge on any atom is 0.372 e. The maximum absolute atomic E-state index is 11.6. The second kappa shape index (κ2) is 5.22. The lowest BCUT2D eigenvalue weighted by Crippen LogP contribution is -2.37. The quantitative estimate of drug-likeness (QED) is 0.635. The fraction of sp³-hybridized carbons (Fsp3) is 0.400. The van der Waals surface area contributed by atoms with E-state index < -0.39 is 11.0 Å². The first-order chi connectivity index (χ1) is 9.04. The third-order valence-electron chi connectivity index (χ3n) is 2.51. The van der Waals surface area contributed by atoms with E-state index in [1.54, 1.807) is 25.4 Å². The van der Waals surface area contributed by atoms with Crippen LogP contribution in [0, 0.1) is 10.1 Å². The number of nitrogens with one attached hydrogen (secondary N) is 2.